The van der Waals surface area contributed by atoms with Crippen LogP contribution in [0.1, 0.15) is 17.0 Å². The Morgan fingerprint density at radius 3 is 2.39 bits per heavy atom. The Morgan fingerprint density at radius 2 is 1.83 bits per heavy atom. The average Bonchev–Trinajstić information content (AvgIpc) is 2.26. The molecule has 0 N–H and O–H groups in total. The van der Waals surface area contributed by atoms with Gasteiger partial charge in [0.05, 0.1) is 6.54 Å². The second kappa shape index (κ2) is 5.12. The Balaban J connectivity index is 2.50. The molecule has 5 heteroatoms. The van der Waals surface area contributed by atoms with Gasteiger partial charge >= 0.3 is 5.69 Å². The van der Waals surface area contributed by atoms with Gasteiger partial charge in [0.25, 0.3) is 0 Å². The maximum Gasteiger partial charge on any atom is 0.348 e. The van der Waals surface area contributed by atoms with Gasteiger partial charge in [-0.3, -0.25) is 4.57 Å². The predicted octanol–water partition coefficient (Wildman–Crippen LogP) is 3.22. The summed E-state index contributed by atoms with van der Waals surface area (Å²) in [6.07, 6.45) is 0. The molecule has 0 saturated carbocycles. The molecule has 0 amide bonds. The SMILES string of the molecule is Cc1cc(C)n(Cc2c(Cl)cccc2Cl)c(=O)n1. The molecule has 18 heavy (non-hydrogen) atoms. The number of nitrogens with zero attached hydrogens (tertiary/aromatic N) is 2. The molecule has 0 saturated heterocycles. The predicted molar refractivity (Wildman–Crippen MR) is 73.5 cm³/mol. The third-order valence-corrected chi connectivity index (χ3v) is 3.43. The number of aryl methyl sites for hydroxylation is 2. The van der Waals surface area contributed by atoms with E-state index in [0.717, 1.165) is 11.3 Å². The van der Waals surface area contributed by atoms with Crippen LogP contribution in [0.25, 0.3) is 0 Å². The van der Waals surface area contributed by atoms with Gasteiger partial charge in [-0.1, -0.05) is 29.3 Å². The van der Waals surface area contributed by atoms with Crippen molar-refractivity contribution in [3.8, 4) is 0 Å². The number of aromatic nitrogens is 2. The first-order valence-electron chi connectivity index (χ1n) is 5.47. The van der Waals surface area contributed by atoms with E-state index in [0.29, 0.717) is 22.3 Å². The molecule has 2 rings (SSSR count). The Hall–Kier alpha value is -1.32. The molecule has 2 aromatic rings. The third-order valence-electron chi connectivity index (χ3n) is 2.72. The first kappa shape index (κ1) is 13.1. The van der Waals surface area contributed by atoms with Crippen LogP contribution in [-0.2, 0) is 6.54 Å². The highest BCUT2D eigenvalue weighted by atomic mass is 35.5. The minimum atomic E-state index is -0.288. The van der Waals surface area contributed by atoms with Crippen molar-refractivity contribution in [3.63, 3.8) is 0 Å². The summed E-state index contributed by atoms with van der Waals surface area (Å²) in [6.45, 7) is 3.98. The Morgan fingerprint density at radius 1 is 1.22 bits per heavy atom. The number of hydrogen-bond donors (Lipinski definition) is 0. The van der Waals surface area contributed by atoms with Crippen molar-refractivity contribution in [2.24, 2.45) is 0 Å². The summed E-state index contributed by atoms with van der Waals surface area (Å²) in [5.74, 6) is 0. The number of hydrogen-bond acceptors (Lipinski definition) is 2. The molecule has 94 valence electrons. The lowest BCUT2D eigenvalue weighted by molar-refractivity contribution is 0.694. The Labute approximate surface area is 115 Å². The van der Waals surface area contributed by atoms with E-state index in [1.807, 2.05) is 13.0 Å². The van der Waals surface area contributed by atoms with Crippen LogP contribution in [0.15, 0.2) is 29.1 Å². The zero-order valence-corrected chi connectivity index (χ0v) is 11.6. The highest BCUT2D eigenvalue weighted by molar-refractivity contribution is 6.35. The maximum atomic E-state index is 11.9. The summed E-state index contributed by atoms with van der Waals surface area (Å²) in [4.78, 5) is 15.8. The lowest BCUT2D eigenvalue weighted by Gasteiger charge is -2.12. The van der Waals surface area contributed by atoms with Gasteiger partial charge in [-0.05, 0) is 32.0 Å². The molecule has 0 aliphatic heterocycles. The van der Waals surface area contributed by atoms with Crippen molar-refractivity contribution in [3.05, 3.63) is 61.7 Å². The van der Waals surface area contributed by atoms with E-state index in [-0.39, 0.29) is 5.69 Å². The summed E-state index contributed by atoms with van der Waals surface area (Å²) in [6, 6.07) is 7.14. The first-order valence-corrected chi connectivity index (χ1v) is 6.22. The van der Waals surface area contributed by atoms with Gasteiger partial charge in [-0.15, -0.1) is 0 Å². The van der Waals surface area contributed by atoms with Crippen LogP contribution in [0.4, 0.5) is 0 Å². The molecule has 1 aromatic heterocycles. The lowest BCUT2D eigenvalue weighted by atomic mass is 10.2. The lowest BCUT2D eigenvalue weighted by Crippen LogP contribution is -2.26. The van der Waals surface area contributed by atoms with Gasteiger partial charge < -0.3 is 0 Å². The summed E-state index contributed by atoms with van der Waals surface area (Å²) >= 11 is 12.2. The van der Waals surface area contributed by atoms with Crippen molar-refractivity contribution in [2.45, 2.75) is 20.4 Å². The molecular weight excluding hydrogens is 271 g/mol. The standard InChI is InChI=1S/C13H12Cl2N2O/c1-8-6-9(2)17(13(18)16-8)7-10-11(14)4-3-5-12(10)15/h3-6H,7H2,1-2H3. The molecule has 0 fully saturated rings. The molecule has 0 atom stereocenters. The van der Waals surface area contributed by atoms with Crippen LogP contribution in [0.2, 0.25) is 10.0 Å². The van der Waals surface area contributed by atoms with Crippen LogP contribution < -0.4 is 5.69 Å². The summed E-state index contributed by atoms with van der Waals surface area (Å²) in [7, 11) is 0. The van der Waals surface area contributed by atoms with Crippen LogP contribution in [0.3, 0.4) is 0 Å². The fourth-order valence-corrected chi connectivity index (χ4v) is 2.33. The van der Waals surface area contributed by atoms with Crippen molar-refractivity contribution in [2.75, 3.05) is 0 Å². The molecule has 1 heterocycles. The van der Waals surface area contributed by atoms with Gasteiger partial charge in [0.1, 0.15) is 0 Å². The monoisotopic (exact) mass is 282 g/mol. The van der Waals surface area contributed by atoms with Gasteiger partial charge in [-0.25, -0.2) is 4.79 Å². The molecule has 0 radical (unpaired) electrons. The highest BCUT2D eigenvalue weighted by Gasteiger charge is 2.09. The van der Waals surface area contributed by atoms with Crippen LogP contribution >= 0.6 is 23.2 Å². The minimum Gasteiger partial charge on any atom is -0.292 e. The second-order valence-electron chi connectivity index (χ2n) is 4.11. The van der Waals surface area contributed by atoms with E-state index in [9.17, 15) is 4.79 Å². The number of halogens is 2. The van der Waals surface area contributed by atoms with E-state index in [1.54, 1.807) is 29.7 Å². The zero-order chi connectivity index (χ0) is 13.3. The fraction of sp³-hybridized carbons (Fsp3) is 0.231. The Kier molecular flexibility index (Phi) is 3.73. The van der Waals surface area contributed by atoms with Crippen molar-refractivity contribution >= 4 is 23.2 Å². The molecule has 0 aliphatic carbocycles. The van der Waals surface area contributed by atoms with E-state index in [1.165, 1.54) is 0 Å². The largest absolute Gasteiger partial charge is 0.348 e. The quantitative estimate of drug-likeness (QED) is 0.848. The van der Waals surface area contributed by atoms with Crippen LogP contribution in [0, 0.1) is 13.8 Å². The molecule has 0 bridgehead atoms. The fourth-order valence-electron chi connectivity index (χ4n) is 1.81. The van der Waals surface area contributed by atoms with E-state index in [4.69, 9.17) is 23.2 Å². The second-order valence-corrected chi connectivity index (χ2v) is 4.92. The van der Waals surface area contributed by atoms with Gasteiger partial charge in [0.15, 0.2) is 0 Å². The summed E-state index contributed by atoms with van der Waals surface area (Å²) in [5, 5.41) is 1.10. The zero-order valence-electron chi connectivity index (χ0n) is 10.1. The smallest absolute Gasteiger partial charge is 0.292 e. The summed E-state index contributed by atoms with van der Waals surface area (Å²) < 4.78 is 1.56. The molecule has 3 nitrogen and oxygen atoms in total. The van der Waals surface area contributed by atoms with Crippen LogP contribution in [0.5, 0.6) is 0 Å². The normalized spacial score (nSPS) is 10.7. The molecule has 0 spiro atoms. The number of benzene rings is 1. The average molecular weight is 283 g/mol. The van der Waals surface area contributed by atoms with Gasteiger partial charge in [0.2, 0.25) is 0 Å². The highest BCUT2D eigenvalue weighted by Crippen LogP contribution is 2.24. The van der Waals surface area contributed by atoms with Crippen molar-refractivity contribution < 1.29 is 0 Å². The third kappa shape index (κ3) is 2.57. The molecule has 0 unspecified atom stereocenters. The van der Waals surface area contributed by atoms with E-state index in [2.05, 4.69) is 4.98 Å². The van der Waals surface area contributed by atoms with E-state index < -0.39 is 0 Å². The maximum absolute atomic E-state index is 11.9. The van der Waals surface area contributed by atoms with Crippen molar-refractivity contribution in [1.29, 1.82) is 0 Å². The number of rotatable bonds is 2. The van der Waals surface area contributed by atoms with E-state index >= 15 is 0 Å². The first-order chi connectivity index (χ1) is 8.49. The molecular formula is C13H12Cl2N2O. The molecule has 0 aliphatic rings. The topological polar surface area (TPSA) is 34.9 Å². The van der Waals surface area contributed by atoms with Gasteiger partial charge in [-0.2, -0.15) is 4.98 Å². The van der Waals surface area contributed by atoms with Crippen LogP contribution in [-0.4, -0.2) is 9.55 Å². The van der Waals surface area contributed by atoms with Gasteiger partial charge in [0, 0.05) is 27.0 Å². The van der Waals surface area contributed by atoms with Crippen molar-refractivity contribution in [1.82, 2.24) is 9.55 Å². The molecule has 1 aromatic carbocycles. The minimum absolute atomic E-state index is 0.288. The Bertz CT molecular complexity index is 630. The summed E-state index contributed by atoms with van der Waals surface area (Å²) in [5.41, 5.74) is 1.99.